The van der Waals surface area contributed by atoms with Crippen molar-refractivity contribution in [2.24, 2.45) is 0 Å². The van der Waals surface area contributed by atoms with Crippen LogP contribution in [0.15, 0.2) is 36.7 Å². The number of thioether (sulfide) groups is 1. The lowest BCUT2D eigenvalue weighted by Crippen LogP contribution is -2.48. The zero-order chi connectivity index (χ0) is 16.6. The molecule has 1 amide bonds. The average Bonchev–Trinajstić information content (AvgIpc) is 3.13. The number of amides is 1. The molecular weight excluding hydrogens is 322 g/mol. The molecule has 6 nitrogen and oxygen atoms in total. The maximum atomic E-state index is 12.3. The third kappa shape index (κ3) is 5.07. The van der Waals surface area contributed by atoms with Crippen molar-refractivity contribution >= 4 is 17.7 Å². The number of nitrogens with one attached hydrogen (secondary N) is 1. The molecule has 0 spiro atoms. The van der Waals surface area contributed by atoms with Crippen molar-refractivity contribution in [1.82, 2.24) is 25.0 Å². The van der Waals surface area contributed by atoms with Gasteiger partial charge in [-0.05, 0) is 5.56 Å². The highest BCUT2D eigenvalue weighted by Crippen LogP contribution is 2.14. The first kappa shape index (κ1) is 17.0. The molecule has 2 heterocycles. The summed E-state index contributed by atoms with van der Waals surface area (Å²) in [5.41, 5.74) is 1.32. The lowest BCUT2D eigenvalue weighted by atomic mass is 10.2. The Balaban J connectivity index is 1.32. The zero-order valence-electron chi connectivity index (χ0n) is 13.7. The van der Waals surface area contributed by atoms with Gasteiger partial charge in [0, 0.05) is 44.1 Å². The smallest absolute Gasteiger partial charge is 0.223 e. The number of benzene rings is 1. The standard InChI is InChI=1S/C17H23N5OS/c23-17(6-11-24-13-15-4-2-1-3-5-15)22-9-7-21(8-10-22)12-16-18-14-19-20-16/h1-5,14H,6-13H2,(H,18,19,20). The van der Waals surface area contributed by atoms with Gasteiger partial charge in [0.05, 0.1) is 6.54 Å². The number of carbonyl (C=O) groups is 1. The van der Waals surface area contributed by atoms with Crippen LogP contribution in [0.1, 0.15) is 17.8 Å². The van der Waals surface area contributed by atoms with Crippen LogP contribution in [0.3, 0.4) is 0 Å². The first-order chi connectivity index (χ1) is 11.8. The molecule has 128 valence electrons. The lowest BCUT2D eigenvalue weighted by Gasteiger charge is -2.34. The molecule has 2 aromatic rings. The maximum Gasteiger partial charge on any atom is 0.223 e. The second kappa shape index (κ2) is 8.84. The van der Waals surface area contributed by atoms with E-state index in [9.17, 15) is 4.79 Å². The molecule has 0 saturated carbocycles. The molecule has 0 aliphatic carbocycles. The highest BCUT2D eigenvalue weighted by atomic mass is 32.2. The molecule has 1 aliphatic rings. The number of nitrogens with zero attached hydrogens (tertiary/aromatic N) is 4. The van der Waals surface area contributed by atoms with E-state index in [1.807, 2.05) is 22.7 Å². The SMILES string of the molecule is O=C(CCSCc1ccccc1)N1CCN(Cc2ncn[nH]2)CC1. The normalized spacial score (nSPS) is 15.6. The first-order valence-corrected chi connectivity index (χ1v) is 9.43. The first-order valence-electron chi connectivity index (χ1n) is 8.27. The molecule has 0 bridgehead atoms. The fourth-order valence-corrected chi connectivity index (χ4v) is 3.65. The van der Waals surface area contributed by atoms with E-state index in [1.165, 1.54) is 11.9 Å². The zero-order valence-corrected chi connectivity index (χ0v) is 14.5. The van der Waals surface area contributed by atoms with Gasteiger partial charge < -0.3 is 4.90 Å². The molecule has 1 N–H and O–H groups in total. The molecule has 7 heteroatoms. The van der Waals surface area contributed by atoms with Gasteiger partial charge in [0.25, 0.3) is 0 Å². The van der Waals surface area contributed by atoms with Gasteiger partial charge in [-0.15, -0.1) is 0 Å². The minimum Gasteiger partial charge on any atom is -0.340 e. The summed E-state index contributed by atoms with van der Waals surface area (Å²) in [6, 6.07) is 10.4. The maximum absolute atomic E-state index is 12.3. The molecular formula is C17H23N5OS. The van der Waals surface area contributed by atoms with Gasteiger partial charge in [-0.2, -0.15) is 16.9 Å². The van der Waals surface area contributed by atoms with Crippen LogP contribution in [0.4, 0.5) is 0 Å². The van der Waals surface area contributed by atoms with Crippen LogP contribution in [-0.4, -0.2) is 62.8 Å². The van der Waals surface area contributed by atoms with Crippen molar-refractivity contribution in [3.05, 3.63) is 48.0 Å². The summed E-state index contributed by atoms with van der Waals surface area (Å²) in [6.07, 6.45) is 2.15. The number of hydrogen-bond acceptors (Lipinski definition) is 5. The third-order valence-electron chi connectivity index (χ3n) is 4.14. The Hall–Kier alpha value is -1.86. The number of aromatic amines is 1. The molecule has 0 unspecified atom stereocenters. The molecule has 0 atom stereocenters. The summed E-state index contributed by atoms with van der Waals surface area (Å²) in [5, 5.41) is 6.75. The highest BCUT2D eigenvalue weighted by Gasteiger charge is 2.21. The second-order valence-electron chi connectivity index (χ2n) is 5.88. The Labute approximate surface area is 146 Å². The minimum absolute atomic E-state index is 0.273. The van der Waals surface area contributed by atoms with Gasteiger partial charge in [0.15, 0.2) is 0 Å². The van der Waals surface area contributed by atoms with E-state index >= 15 is 0 Å². The van der Waals surface area contributed by atoms with Gasteiger partial charge in [-0.3, -0.25) is 14.8 Å². The average molecular weight is 345 g/mol. The second-order valence-corrected chi connectivity index (χ2v) is 6.98. The van der Waals surface area contributed by atoms with Crippen LogP contribution >= 0.6 is 11.8 Å². The van der Waals surface area contributed by atoms with E-state index in [-0.39, 0.29) is 5.91 Å². The molecule has 1 aliphatic heterocycles. The van der Waals surface area contributed by atoms with E-state index in [4.69, 9.17) is 0 Å². The number of H-pyrrole nitrogens is 1. The van der Waals surface area contributed by atoms with Crippen LogP contribution in [0, 0.1) is 0 Å². The fourth-order valence-electron chi connectivity index (χ4n) is 2.76. The van der Waals surface area contributed by atoms with Crippen LogP contribution in [0.5, 0.6) is 0 Å². The predicted molar refractivity (Wildman–Crippen MR) is 95.5 cm³/mol. The Bertz CT molecular complexity index is 611. The largest absolute Gasteiger partial charge is 0.340 e. The number of aromatic nitrogens is 3. The molecule has 1 aromatic carbocycles. The van der Waals surface area contributed by atoms with Crippen molar-refractivity contribution in [2.75, 3.05) is 31.9 Å². The number of rotatable bonds is 7. The molecule has 1 aromatic heterocycles. The molecule has 24 heavy (non-hydrogen) atoms. The summed E-state index contributed by atoms with van der Waals surface area (Å²) in [5.74, 6) is 3.01. The molecule has 1 fully saturated rings. The van der Waals surface area contributed by atoms with E-state index < -0.39 is 0 Å². The van der Waals surface area contributed by atoms with Gasteiger partial charge >= 0.3 is 0 Å². The Morgan fingerprint density at radius 3 is 2.67 bits per heavy atom. The summed E-state index contributed by atoms with van der Waals surface area (Å²) >= 11 is 1.82. The van der Waals surface area contributed by atoms with Gasteiger partial charge in [0.1, 0.15) is 12.2 Å². The summed E-state index contributed by atoms with van der Waals surface area (Å²) < 4.78 is 0. The van der Waals surface area contributed by atoms with Crippen molar-refractivity contribution in [3.63, 3.8) is 0 Å². The summed E-state index contributed by atoms with van der Waals surface area (Å²) in [4.78, 5) is 20.7. The van der Waals surface area contributed by atoms with E-state index in [0.717, 1.165) is 50.1 Å². The Morgan fingerprint density at radius 1 is 1.17 bits per heavy atom. The van der Waals surface area contributed by atoms with Gasteiger partial charge in [0.2, 0.25) is 5.91 Å². The van der Waals surface area contributed by atoms with Crippen molar-refractivity contribution in [1.29, 1.82) is 0 Å². The number of piperazine rings is 1. The summed E-state index contributed by atoms with van der Waals surface area (Å²) in [6.45, 7) is 4.16. The Morgan fingerprint density at radius 2 is 1.96 bits per heavy atom. The van der Waals surface area contributed by atoms with Crippen molar-refractivity contribution in [2.45, 2.75) is 18.7 Å². The molecule has 1 saturated heterocycles. The Kier molecular flexibility index (Phi) is 6.26. The van der Waals surface area contributed by atoms with Crippen LogP contribution in [0.25, 0.3) is 0 Å². The van der Waals surface area contributed by atoms with Crippen LogP contribution in [-0.2, 0) is 17.1 Å². The molecule has 3 rings (SSSR count). The third-order valence-corrected chi connectivity index (χ3v) is 5.17. The molecule has 0 radical (unpaired) electrons. The predicted octanol–water partition coefficient (Wildman–Crippen LogP) is 1.77. The van der Waals surface area contributed by atoms with Crippen LogP contribution < -0.4 is 0 Å². The number of carbonyl (C=O) groups excluding carboxylic acids is 1. The van der Waals surface area contributed by atoms with Gasteiger partial charge in [-0.1, -0.05) is 30.3 Å². The fraction of sp³-hybridized carbons (Fsp3) is 0.471. The van der Waals surface area contributed by atoms with Crippen molar-refractivity contribution in [3.8, 4) is 0 Å². The lowest BCUT2D eigenvalue weighted by molar-refractivity contribution is -0.132. The topological polar surface area (TPSA) is 65.1 Å². The summed E-state index contributed by atoms with van der Waals surface area (Å²) in [7, 11) is 0. The minimum atomic E-state index is 0.273. The number of hydrogen-bond donors (Lipinski definition) is 1. The van der Waals surface area contributed by atoms with Crippen molar-refractivity contribution < 1.29 is 4.79 Å². The van der Waals surface area contributed by atoms with Crippen LogP contribution in [0.2, 0.25) is 0 Å². The van der Waals surface area contributed by atoms with E-state index in [2.05, 4.69) is 44.3 Å². The highest BCUT2D eigenvalue weighted by molar-refractivity contribution is 7.98. The quantitative estimate of drug-likeness (QED) is 0.775. The van der Waals surface area contributed by atoms with E-state index in [1.54, 1.807) is 0 Å². The van der Waals surface area contributed by atoms with Gasteiger partial charge in [-0.25, -0.2) is 4.98 Å². The van der Waals surface area contributed by atoms with E-state index in [0.29, 0.717) is 6.42 Å². The monoisotopic (exact) mass is 345 g/mol.